The molecule has 0 aromatic heterocycles. The molecule has 0 bridgehead atoms. The molecule has 1 amide bonds. The number of hydrogen-bond donors (Lipinski definition) is 1. The predicted molar refractivity (Wildman–Crippen MR) is 89.9 cm³/mol. The van der Waals surface area contributed by atoms with Crippen LogP contribution in [0.4, 0.5) is 0 Å². The Morgan fingerprint density at radius 2 is 2.00 bits per heavy atom. The molecule has 0 radical (unpaired) electrons. The van der Waals surface area contributed by atoms with Gasteiger partial charge in [-0.3, -0.25) is 4.79 Å². The van der Waals surface area contributed by atoms with Gasteiger partial charge in [-0.2, -0.15) is 0 Å². The molecule has 4 nitrogen and oxygen atoms in total. The number of rotatable bonds is 4. The van der Waals surface area contributed by atoms with Crippen LogP contribution in [-0.2, 0) is 4.79 Å². The van der Waals surface area contributed by atoms with Crippen LogP contribution in [0.1, 0.15) is 40.0 Å². The van der Waals surface area contributed by atoms with Crippen molar-refractivity contribution in [3.05, 3.63) is 0 Å². The van der Waals surface area contributed by atoms with Crippen LogP contribution < -0.4 is 5.32 Å². The van der Waals surface area contributed by atoms with E-state index in [0.717, 1.165) is 39.0 Å². The molecular weight excluding hydrogens is 286 g/mol. The Morgan fingerprint density at radius 3 is 2.48 bits per heavy atom. The molecule has 1 N–H and O–H groups in total. The van der Waals surface area contributed by atoms with Gasteiger partial charge in [-0.05, 0) is 58.2 Å². The summed E-state index contributed by atoms with van der Waals surface area (Å²) in [5.41, 5.74) is 0.436. The van der Waals surface area contributed by atoms with Crippen molar-refractivity contribution in [1.29, 1.82) is 0 Å². The Balaban J connectivity index is 0.00000220. The number of hydrogen-bond acceptors (Lipinski definition) is 3. The molecule has 1 atom stereocenters. The van der Waals surface area contributed by atoms with Crippen LogP contribution in [0, 0.1) is 11.3 Å². The Bertz CT molecular complexity index is 334. The van der Waals surface area contributed by atoms with E-state index in [1.165, 1.54) is 13.0 Å². The molecule has 0 saturated carbocycles. The summed E-state index contributed by atoms with van der Waals surface area (Å²) in [4.78, 5) is 16.8. The summed E-state index contributed by atoms with van der Waals surface area (Å²) in [5.74, 6) is 0.585. The van der Waals surface area contributed by atoms with Crippen molar-refractivity contribution in [2.45, 2.75) is 46.1 Å². The maximum absolute atomic E-state index is 12.4. The van der Waals surface area contributed by atoms with Gasteiger partial charge in [0.15, 0.2) is 0 Å². The van der Waals surface area contributed by atoms with E-state index in [4.69, 9.17) is 0 Å². The van der Waals surface area contributed by atoms with Gasteiger partial charge in [0.25, 0.3) is 0 Å². The Hall–Kier alpha value is -0.320. The fraction of sp³-hybridized carbons (Fsp3) is 0.938. The molecule has 0 spiro atoms. The Morgan fingerprint density at radius 1 is 1.38 bits per heavy atom. The zero-order valence-corrected chi connectivity index (χ0v) is 14.8. The lowest BCUT2D eigenvalue weighted by molar-refractivity contribution is -0.137. The second-order valence-electron chi connectivity index (χ2n) is 7.33. The minimum absolute atomic E-state index is 0. The highest BCUT2D eigenvalue weighted by Crippen LogP contribution is 2.28. The lowest BCUT2D eigenvalue weighted by Crippen LogP contribution is -2.46. The zero-order chi connectivity index (χ0) is 14.8. The topological polar surface area (TPSA) is 35.6 Å². The lowest BCUT2D eigenvalue weighted by atomic mass is 9.87. The fourth-order valence-corrected chi connectivity index (χ4v) is 3.42. The summed E-state index contributed by atoms with van der Waals surface area (Å²) < 4.78 is 0. The van der Waals surface area contributed by atoms with Crippen LogP contribution in [-0.4, -0.2) is 61.5 Å². The SMILES string of the molecule is CC(C)N(C)C(=O)C1CCN(CC2(C)CCNC2)CC1.Cl. The smallest absolute Gasteiger partial charge is 0.225 e. The van der Waals surface area contributed by atoms with Gasteiger partial charge in [-0.25, -0.2) is 0 Å². The van der Waals surface area contributed by atoms with Gasteiger partial charge in [-0.15, -0.1) is 12.4 Å². The van der Waals surface area contributed by atoms with Crippen LogP contribution in [0.3, 0.4) is 0 Å². The third kappa shape index (κ3) is 4.83. The molecule has 21 heavy (non-hydrogen) atoms. The lowest BCUT2D eigenvalue weighted by Gasteiger charge is -2.38. The van der Waals surface area contributed by atoms with Gasteiger partial charge < -0.3 is 15.1 Å². The predicted octanol–water partition coefficient (Wildman–Crippen LogP) is 1.99. The van der Waals surface area contributed by atoms with E-state index in [1.807, 2.05) is 11.9 Å². The molecule has 2 aliphatic rings. The van der Waals surface area contributed by atoms with Gasteiger partial charge in [0.05, 0.1) is 0 Å². The highest BCUT2D eigenvalue weighted by Gasteiger charge is 2.33. The van der Waals surface area contributed by atoms with Crippen molar-refractivity contribution in [3.8, 4) is 0 Å². The third-order valence-electron chi connectivity index (χ3n) is 5.12. The highest BCUT2D eigenvalue weighted by molar-refractivity contribution is 5.85. The molecular formula is C16H32ClN3O. The Kier molecular flexibility index (Phi) is 6.95. The summed E-state index contributed by atoms with van der Waals surface area (Å²) in [5, 5.41) is 3.47. The van der Waals surface area contributed by atoms with Crippen molar-refractivity contribution in [3.63, 3.8) is 0 Å². The molecule has 2 rings (SSSR count). The van der Waals surface area contributed by atoms with Crippen molar-refractivity contribution in [2.24, 2.45) is 11.3 Å². The molecule has 1 unspecified atom stereocenters. The number of amides is 1. The molecule has 2 aliphatic heterocycles. The maximum Gasteiger partial charge on any atom is 0.225 e. The van der Waals surface area contributed by atoms with Crippen molar-refractivity contribution in [1.82, 2.24) is 15.1 Å². The summed E-state index contributed by atoms with van der Waals surface area (Å²) in [6, 6.07) is 0.309. The molecule has 0 aliphatic carbocycles. The molecule has 124 valence electrons. The van der Waals surface area contributed by atoms with Crippen molar-refractivity contribution in [2.75, 3.05) is 39.8 Å². The third-order valence-corrected chi connectivity index (χ3v) is 5.12. The molecule has 0 aromatic rings. The average Bonchev–Trinajstić information content (AvgIpc) is 2.84. The van der Waals surface area contributed by atoms with E-state index >= 15 is 0 Å². The van der Waals surface area contributed by atoms with Crippen LogP contribution in [0.5, 0.6) is 0 Å². The molecule has 0 aromatic carbocycles. The first-order valence-corrected chi connectivity index (χ1v) is 8.11. The average molecular weight is 318 g/mol. The van der Waals surface area contributed by atoms with E-state index < -0.39 is 0 Å². The first kappa shape index (κ1) is 18.7. The fourth-order valence-electron chi connectivity index (χ4n) is 3.42. The largest absolute Gasteiger partial charge is 0.343 e. The Labute approximate surface area is 136 Å². The van der Waals surface area contributed by atoms with Crippen LogP contribution in [0.15, 0.2) is 0 Å². The number of piperidine rings is 1. The number of carbonyl (C=O) groups is 1. The van der Waals surface area contributed by atoms with Crippen LogP contribution in [0.25, 0.3) is 0 Å². The zero-order valence-electron chi connectivity index (χ0n) is 14.0. The normalized spacial score (nSPS) is 27.7. The number of halogens is 1. The molecule has 5 heteroatoms. The number of carbonyl (C=O) groups excluding carboxylic acids is 1. The highest BCUT2D eigenvalue weighted by atomic mass is 35.5. The monoisotopic (exact) mass is 317 g/mol. The second-order valence-corrected chi connectivity index (χ2v) is 7.33. The van der Waals surface area contributed by atoms with E-state index in [2.05, 4.69) is 31.0 Å². The van der Waals surface area contributed by atoms with Crippen LogP contribution in [0.2, 0.25) is 0 Å². The minimum Gasteiger partial charge on any atom is -0.343 e. The van der Waals surface area contributed by atoms with Gasteiger partial charge in [0.2, 0.25) is 5.91 Å². The van der Waals surface area contributed by atoms with Crippen LogP contribution >= 0.6 is 12.4 Å². The van der Waals surface area contributed by atoms with Crippen molar-refractivity contribution >= 4 is 18.3 Å². The maximum atomic E-state index is 12.4. The first-order chi connectivity index (χ1) is 9.41. The first-order valence-electron chi connectivity index (χ1n) is 8.11. The summed E-state index contributed by atoms with van der Waals surface area (Å²) in [6.45, 7) is 12.2. The van der Waals surface area contributed by atoms with Gasteiger partial charge in [0, 0.05) is 32.1 Å². The summed E-state index contributed by atoms with van der Waals surface area (Å²) in [7, 11) is 1.94. The van der Waals surface area contributed by atoms with Gasteiger partial charge in [0.1, 0.15) is 0 Å². The van der Waals surface area contributed by atoms with Gasteiger partial charge >= 0.3 is 0 Å². The van der Waals surface area contributed by atoms with Crippen molar-refractivity contribution < 1.29 is 4.79 Å². The van der Waals surface area contributed by atoms with E-state index in [-0.39, 0.29) is 18.3 Å². The molecule has 2 saturated heterocycles. The minimum atomic E-state index is 0. The number of likely N-dealkylation sites (tertiary alicyclic amines) is 1. The molecule has 2 fully saturated rings. The summed E-state index contributed by atoms with van der Waals surface area (Å²) in [6.07, 6.45) is 3.33. The number of nitrogens with zero attached hydrogens (tertiary/aromatic N) is 2. The van der Waals surface area contributed by atoms with Gasteiger partial charge in [-0.1, -0.05) is 6.92 Å². The van der Waals surface area contributed by atoms with E-state index in [9.17, 15) is 4.79 Å². The molecule has 2 heterocycles. The summed E-state index contributed by atoms with van der Waals surface area (Å²) >= 11 is 0. The standard InChI is InChI=1S/C16H31N3O.ClH/c1-13(2)18(4)15(20)14-5-9-19(10-6-14)12-16(3)7-8-17-11-16;/h13-14,17H,5-12H2,1-4H3;1H. The van der Waals surface area contributed by atoms with E-state index in [0.29, 0.717) is 17.4 Å². The quantitative estimate of drug-likeness (QED) is 0.861. The second kappa shape index (κ2) is 7.80. The van der Waals surface area contributed by atoms with E-state index in [1.54, 1.807) is 0 Å². The number of nitrogens with one attached hydrogen (secondary N) is 1.